The second kappa shape index (κ2) is 6.86. The Hall–Kier alpha value is -0.390. The lowest BCUT2D eigenvalue weighted by molar-refractivity contribution is -0.134. The van der Waals surface area contributed by atoms with Crippen molar-refractivity contribution in [3.8, 4) is 0 Å². The van der Waals surface area contributed by atoms with E-state index in [4.69, 9.17) is 0 Å². The molecule has 1 aromatic heterocycles. The molecule has 3 nitrogen and oxygen atoms in total. The maximum Gasteiger partial charge on any atom is 0.230 e. The van der Waals surface area contributed by atoms with Gasteiger partial charge in [-0.05, 0) is 54.4 Å². The second-order valence-electron chi connectivity index (χ2n) is 5.04. The molecular formula is C14H21BrN2OS. The maximum absolute atomic E-state index is 12.7. The maximum atomic E-state index is 12.7. The van der Waals surface area contributed by atoms with Crippen molar-refractivity contribution in [2.24, 2.45) is 0 Å². The van der Waals surface area contributed by atoms with Crippen LogP contribution < -0.4 is 5.32 Å². The van der Waals surface area contributed by atoms with Gasteiger partial charge in [0.2, 0.25) is 5.91 Å². The zero-order chi connectivity index (χ0) is 13.8. The molecule has 2 rings (SSSR count). The van der Waals surface area contributed by atoms with Gasteiger partial charge in [-0.25, -0.2) is 0 Å². The third-order valence-corrected chi connectivity index (χ3v) is 5.42. The van der Waals surface area contributed by atoms with Crippen LogP contribution in [0.3, 0.4) is 0 Å². The highest BCUT2D eigenvalue weighted by molar-refractivity contribution is 9.11. The number of amides is 1. The molecule has 1 saturated heterocycles. The molecule has 1 aliphatic heterocycles. The van der Waals surface area contributed by atoms with Crippen LogP contribution in [0, 0.1) is 0 Å². The summed E-state index contributed by atoms with van der Waals surface area (Å²) in [6.45, 7) is 6.98. The number of hydrogen-bond acceptors (Lipinski definition) is 3. The van der Waals surface area contributed by atoms with E-state index in [1.54, 1.807) is 11.3 Å². The molecule has 2 unspecified atom stereocenters. The van der Waals surface area contributed by atoms with E-state index in [1.165, 1.54) is 0 Å². The molecule has 1 N–H and O–H groups in total. The van der Waals surface area contributed by atoms with Crippen molar-refractivity contribution in [3.05, 3.63) is 20.8 Å². The average Bonchev–Trinajstić information content (AvgIpc) is 3.05. The summed E-state index contributed by atoms with van der Waals surface area (Å²) in [5.74, 6) is 0.230. The van der Waals surface area contributed by atoms with Crippen LogP contribution in [-0.2, 0) is 4.79 Å². The minimum atomic E-state index is -0.0385. The van der Waals surface area contributed by atoms with Crippen molar-refractivity contribution in [2.45, 2.75) is 38.6 Å². The SMILES string of the molecule is CCCN(C(=O)C(C)c1ccc(Br)s1)C1CCNC1. The van der Waals surface area contributed by atoms with E-state index in [-0.39, 0.29) is 11.8 Å². The predicted octanol–water partition coefficient (Wildman–Crippen LogP) is 3.21. The molecule has 2 atom stereocenters. The Labute approximate surface area is 127 Å². The van der Waals surface area contributed by atoms with Crippen LogP contribution in [0.4, 0.5) is 0 Å². The van der Waals surface area contributed by atoms with Gasteiger partial charge in [0, 0.05) is 24.0 Å². The van der Waals surface area contributed by atoms with E-state index in [2.05, 4.69) is 33.1 Å². The van der Waals surface area contributed by atoms with Crippen LogP contribution in [0.5, 0.6) is 0 Å². The zero-order valence-corrected chi connectivity index (χ0v) is 13.9. The van der Waals surface area contributed by atoms with Crippen molar-refractivity contribution < 1.29 is 4.79 Å². The van der Waals surface area contributed by atoms with Gasteiger partial charge >= 0.3 is 0 Å². The van der Waals surface area contributed by atoms with E-state index in [0.29, 0.717) is 6.04 Å². The predicted molar refractivity (Wildman–Crippen MR) is 83.7 cm³/mol. The van der Waals surface area contributed by atoms with Gasteiger partial charge in [0.1, 0.15) is 0 Å². The van der Waals surface area contributed by atoms with Gasteiger partial charge in [-0.1, -0.05) is 6.92 Å². The minimum Gasteiger partial charge on any atom is -0.338 e. The van der Waals surface area contributed by atoms with Crippen molar-refractivity contribution in [1.29, 1.82) is 0 Å². The fourth-order valence-electron chi connectivity index (χ4n) is 2.55. The van der Waals surface area contributed by atoms with Crippen molar-refractivity contribution in [3.63, 3.8) is 0 Å². The molecule has 0 aliphatic carbocycles. The standard InChI is InChI=1S/C14H21BrN2OS/c1-3-8-17(11-6-7-16-9-11)14(18)10(2)12-4-5-13(15)19-12/h4-5,10-11,16H,3,6-9H2,1-2H3. The Bertz CT molecular complexity index is 429. The van der Waals surface area contributed by atoms with Crippen molar-refractivity contribution in [1.82, 2.24) is 10.2 Å². The third-order valence-electron chi connectivity index (χ3n) is 3.61. The number of halogens is 1. The number of nitrogens with one attached hydrogen (secondary N) is 1. The van der Waals surface area contributed by atoms with Crippen molar-refractivity contribution in [2.75, 3.05) is 19.6 Å². The summed E-state index contributed by atoms with van der Waals surface area (Å²) in [5, 5.41) is 3.35. The monoisotopic (exact) mass is 344 g/mol. The lowest BCUT2D eigenvalue weighted by Crippen LogP contribution is -2.43. The third kappa shape index (κ3) is 3.58. The highest BCUT2D eigenvalue weighted by Gasteiger charge is 2.29. The first-order valence-electron chi connectivity index (χ1n) is 6.90. The Kier molecular flexibility index (Phi) is 5.42. The lowest BCUT2D eigenvalue weighted by atomic mass is 10.1. The van der Waals surface area contributed by atoms with Gasteiger partial charge in [0.15, 0.2) is 0 Å². The molecule has 1 aliphatic rings. The smallest absolute Gasteiger partial charge is 0.230 e. The van der Waals surface area contributed by atoms with Gasteiger partial charge in [-0.15, -0.1) is 11.3 Å². The number of carbonyl (C=O) groups is 1. The molecule has 0 bridgehead atoms. The fraction of sp³-hybridized carbons (Fsp3) is 0.643. The molecule has 1 fully saturated rings. The summed E-state index contributed by atoms with van der Waals surface area (Å²) < 4.78 is 1.09. The molecule has 0 spiro atoms. The Morgan fingerprint density at radius 1 is 1.63 bits per heavy atom. The first kappa shape index (κ1) is 15.0. The Balaban J connectivity index is 2.09. The fourth-order valence-corrected chi connectivity index (χ4v) is 4.02. The van der Waals surface area contributed by atoms with Crippen LogP contribution in [0.15, 0.2) is 15.9 Å². The van der Waals surface area contributed by atoms with Crippen LogP contribution in [-0.4, -0.2) is 36.5 Å². The molecule has 2 heterocycles. The van der Waals surface area contributed by atoms with Gasteiger partial charge in [-0.3, -0.25) is 4.79 Å². The molecule has 0 aromatic carbocycles. The second-order valence-corrected chi connectivity index (χ2v) is 7.54. The summed E-state index contributed by atoms with van der Waals surface area (Å²) >= 11 is 5.12. The summed E-state index contributed by atoms with van der Waals surface area (Å²) in [4.78, 5) is 15.9. The van der Waals surface area contributed by atoms with Crippen molar-refractivity contribution >= 4 is 33.2 Å². The quantitative estimate of drug-likeness (QED) is 0.889. The van der Waals surface area contributed by atoms with E-state index >= 15 is 0 Å². The largest absolute Gasteiger partial charge is 0.338 e. The molecule has 19 heavy (non-hydrogen) atoms. The number of nitrogens with zero attached hydrogens (tertiary/aromatic N) is 1. The van der Waals surface area contributed by atoms with Gasteiger partial charge in [0.05, 0.1) is 9.70 Å². The molecule has 5 heteroatoms. The average molecular weight is 345 g/mol. The Morgan fingerprint density at radius 2 is 2.42 bits per heavy atom. The van der Waals surface area contributed by atoms with E-state index < -0.39 is 0 Å². The summed E-state index contributed by atoms with van der Waals surface area (Å²) in [6, 6.07) is 4.44. The zero-order valence-electron chi connectivity index (χ0n) is 11.5. The molecule has 0 radical (unpaired) electrons. The minimum absolute atomic E-state index is 0.0385. The number of thiophene rings is 1. The van der Waals surface area contributed by atoms with E-state index in [1.807, 2.05) is 19.1 Å². The number of rotatable bonds is 5. The van der Waals surface area contributed by atoms with Gasteiger partial charge in [-0.2, -0.15) is 0 Å². The molecular weight excluding hydrogens is 324 g/mol. The molecule has 0 saturated carbocycles. The number of hydrogen-bond donors (Lipinski definition) is 1. The lowest BCUT2D eigenvalue weighted by Gasteiger charge is -2.30. The molecule has 106 valence electrons. The summed E-state index contributed by atoms with van der Waals surface area (Å²) in [6.07, 6.45) is 2.09. The summed E-state index contributed by atoms with van der Waals surface area (Å²) in [5.41, 5.74) is 0. The van der Waals surface area contributed by atoms with Gasteiger partial charge < -0.3 is 10.2 Å². The highest BCUT2D eigenvalue weighted by atomic mass is 79.9. The van der Waals surface area contributed by atoms with E-state index in [0.717, 1.165) is 41.1 Å². The number of carbonyl (C=O) groups excluding carboxylic acids is 1. The van der Waals surface area contributed by atoms with Gasteiger partial charge in [0.25, 0.3) is 0 Å². The highest BCUT2D eigenvalue weighted by Crippen LogP contribution is 2.30. The summed E-state index contributed by atoms with van der Waals surface area (Å²) in [7, 11) is 0. The van der Waals surface area contributed by atoms with Crippen LogP contribution in [0.1, 0.15) is 37.5 Å². The Morgan fingerprint density at radius 3 is 2.95 bits per heavy atom. The molecule has 1 aromatic rings. The first-order valence-corrected chi connectivity index (χ1v) is 8.50. The van der Waals surface area contributed by atoms with Crippen LogP contribution in [0.25, 0.3) is 0 Å². The first-order chi connectivity index (χ1) is 9.13. The van der Waals surface area contributed by atoms with E-state index in [9.17, 15) is 4.79 Å². The van der Waals surface area contributed by atoms with Crippen LogP contribution >= 0.6 is 27.3 Å². The topological polar surface area (TPSA) is 32.3 Å². The van der Waals surface area contributed by atoms with Crippen LogP contribution in [0.2, 0.25) is 0 Å². The molecule has 1 amide bonds. The normalized spacial score (nSPS) is 20.5.